The number of hydrogen-bond acceptors (Lipinski definition) is 7. The van der Waals surface area contributed by atoms with Crippen LogP contribution in [0.4, 0.5) is 4.39 Å². The van der Waals surface area contributed by atoms with Gasteiger partial charge < -0.3 is 14.9 Å². The van der Waals surface area contributed by atoms with E-state index in [2.05, 4.69) is 20.2 Å². The summed E-state index contributed by atoms with van der Waals surface area (Å²) < 4.78 is 22.5. The molecule has 3 aromatic heterocycles. The van der Waals surface area contributed by atoms with Gasteiger partial charge in [-0.1, -0.05) is 12.1 Å². The maximum absolute atomic E-state index is 13.8. The minimum Gasteiger partial charge on any atom is -0.492 e. The van der Waals surface area contributed by atoms with Crippen molar-refractivity contribution in [3.63, 3.8) is 0 Å². The minimum atomic E-state index is -1.12. The Morgan fingerprint density at radius 2 is 1.91 bits per heavy atom. The van der Waals surface area contributed by atoms with E-state index in [4.69, 9.17) is 9.84 Å². The number of carboxylic acids is 1. The maximum atomic E-state index is 13.8. The Hall–Kier alpha value is -4.02. The van der Waals surface area contributed by atoms with Gasteiger partial charge in [-0.05, 0) is 43.7 Å². The summed E-state index contributed by atoms with van der Waals surface area (Å²) in [7, 11) is 0. The van der Waals surface area contributed by atoms with Crippen LogP contribution in [0.25, 0.3) is 17.0 Å². The average Bonchev–Trinajstić information content (AvgIpc) is 3.45. The van der Waals surface area contributed by atoms with Gasteiger partial charge in [0, 0.05) is 12.7 Å². The minimum absolute atomic E-state index is 0.0107. The van der Waals surface area contributed by atoms with Gasteiger partial charge in [0.15, 0.2) is 11.6 Å². The highest BCUT2D eigenvalue weighted by molar-refractivity contribution is 5.87. The highest BCUT2D eigenvalue weighted by atomic mass is 19.1. The van der Waals surface area contributed by atoms with Crippen LogP contribution >= 0.6 is 0 Å². The molecule has 4 aromatic rings. The molecule has 1 aliphatic carbocycles. The molecule has 1 aliphatic rings. The molecule has 0 atom stereocenters. The van der Waals surface area contributed by atoms with Crippen molar-refractivity contribution in [1.29, 1.82) is 0 Å². The zero-order chi connectivity index (χ0) is 22.9. The van der Waals surface area contributed by atoms with E-state index in [0.717, 1.165) is 25.7 Å². The molecule has 5 rings (SSSR count). The van der Waals surface area contributed by atoms with Crippen molar-refractivity contribution in [1.82, 2.24) is 29.5 Å². The van der Waals surface area contributed by atoms with Crippen LogP contribution in [0, 0.1) is 11.7 Å². The molecular weight excluding hydrogens is 431 g/mol. The Bertz CT molecular complexity index is 1310. The highest BCUT2D eigenvalue weighted by Crippen LogP contribution is 2.31. The van der Waals surface area contributed by atoms with Crippen molar-refractivity contribution >= 4 is 17.0 Å². The summed E-state index contributed by atoms with van der Waals surface area (Å²) in [5.74, 6) is -1.07. The maximum Gasteiger partial charge on any atom is 0.338 e. The van der Waals surface area contributed by atoms with Crippen LogP contribution in [0.15, 0.2) is 42.9 Å². The van der Waals surface area contributed by atoms with E-state index >= 15 is 0 Å². The fourth-order valence-corrected chi connectivity index (χ4v) is 4.15. The predicted octanol–water partition coefficient (Wildman–Crippen LogP) is 3.19. The number of aromatic nitrogens is 6. The molecule has 3 heterocycles. The molecule has 0 spiro atoms. The number of carbonyl (C=O) groups is 1. The zero-order valence-electron chi connectivity index (χ0n) is 17.5. The Morgan fingerprint density at radius 3 is 2.64 bits per heavy atom. The monoisotopic (exact) mass is 452 g/mol. The van der Waals surface area contributed by atoms with Crippen LogP contribution in [-0.4, -0.2) is 51.8 Å². The number of carboxylic acid groups (broad SMARTS) is 1. The van der Waals surface area contributed by atoms with Gasteiger partial charge in [-0.3, -0.25) is 4.68 Å². The number of aromatic carboxylic acids is 1. The third-order valence-electron chi connectivity index (χ3n) is 5.85. The number of benzene rings is 1. The second-order valence-corrected chi connectivity index (χ2v) is 8.08. The molecule has 170 valence electrons. The molecule has 0 aliphatic heterocycles. The summed E-state index contributed by atoms with van der Waals surface area (Å²) in [4.78, 5) is 19.5. The molecule has 1 aromatic carbocycles. The Morgan fingerprint density at radius 1 is 1.12 bits per heavy atom. The summed E-state index contributed by atoms with van der Waals surface area (Å²) in [6.45, 7) is 0.580. The van der Waals surface area contributed by atoms with Gasteiger partial charge in [0.05, 0.1) is 24.1 Å². The smallest absolute Gasteiger partial charge is 0.338 e. The number of hydrogen-bond donors (Lipinski definition) is 2. The first-order valence-electron chi connectivity index (χ1n) is 10.6. The second kappa shape index (κ2) is 8.49. The van der Waals surface area contributed by atoms with E-state index in [-0.39, 0.29) is 35.1 Å². The fraction of sp³-hybridized carbons (Fsp3) is 0.318. The van der Waals surface area contributed by atoms with E-state index in [9.17, 15) is 14.3 Å². The number of aromatic hydroxyl groups is 1. The molecule has 1 fully saturated rings. The summed E-state index contributed by atoms with van der Waals surface area (Å²) in [5, 5.41) is 27.9. The molecule has 10 nitrogen and oxygen atoms in total. The predicted molar refractivity (Wildman–Crippen MR) is 114 cm³/mol. The summed E-state index contributed by atoms with van der Waals surface area (Å²) >= 11 is 0. The molecule has 2 N–H and O–H groups in total. The van der Waals surface area contributed by atoms with Crippen LogP contribution in [0.2, 0.25) is 0 Å². The molecule has 0 unspecified atom stereocenters. The van der Waals surface area contributed by atoms with Gasteiger partial charge in [0.2, 0.25) is 5.88 Å². The molecular formula is C22H21FN6O4. The van der Waals surface area contributed by atoms with Crippen molar-refractivity contribution in [2.45, 2.75) is 38.3 Å². The van der Waals surface area contributed by atoms with Crippen LogP contribution in [-0.2, 0) is 6.54 Å². The second-order valence-electron chi connectivity index (χ2n) is 8.08. The number of nitrogens with zero attached hydrogens (tertiary/aromatic N) is 6. The molecule has 1 saturated carbocycles. The van der Waals surface area contributed by atoms with Crippen molar-refractivity contribution in [3.05, 3.63) is 54.2 Å². The number of halogens is 1. The standard InChI is InChI=1S/C22H21FN6O4/c23-16-3-1-2-4-18(16)33-15-7-5-13(6-8-15)11-28-19-17(10-25-28)26-22(27-20(19)30)29-12-14(9-24-29)21(31)32/h1-4,9-10,12-13,15H,5-8,11H2,(H,31,32)(H,26,27,30)/t13-,15+. The number of para-hydroxylation sites is 1. The first-order valence-corrected chi connectivity index (χ1v) is 10.6. The topological polar surface area (TPSA) is 128 Å². The average molecular weight is 452 g/mol. The largest absolute Gasteiger partial charge is 0.492 e. The Labute approximate surface area is 187 Å². The zero-order valence-corrected chi connectivity index (χ0v) is 17.5. The summed E-state index contributed by atoms with van der Waals surface area (Å²) in [6, 6.07) is 6.42. The lowest BCUT2D eigenvalue weighted by Crippen LogP contribution is -2.26. The van der Waals surface area contributed by atoms with Gasteiger partial charge in [-0.2, -0.15) is 15.2 Å². The van der Waals surface area contributed by atoms with Gasteiger partial charge in [-0.25, -0.2) is 18.9 Å². The van der Waals surface area contributed by atoms with Gasteiger partial charge in [0.25, 0.3) is 5.95 Å². The van der Waals surface area contributed by atoms with E-state index in [1.54, 1.807) is 22.9 Å². The lowest BCUT2D eigenvalue weighted by molar-refractivity contribution is 0.0697. The third kappa shape index (κ3) is 4.21. The summed E-state index contributed by atoms with van der Waals surface area (Å²) in [6.07, 6.45) is 7.33. The Balaban J connectivity index is 1.27. The number of ether oxygens (including phenoxy) is 1. The van der Waals surface area contributed by atoms with Gasteiger partial charge >= 0.3 is 5.97 Å². The molecule has 11 heteroatoms. The molecule has 33 heavy (non-hydrogen) atoms. The van der Waals surface area contributed by atoms with E-state index in [0.29, 0.717) is 23.5 Å². The van der Waals surface area contributed by atoms with E-state index in [1.165, 1.54) is 29.3 Å². The van der Waals surface area contributed by atoms with Crippen molar-refractivity contribution in [3.8, 4) is 17.6 Å². The van der Waals surface area contributed by atoms with Crippen LogP contribution in [0.5, 0.6) is 11.6 Å². The number of fused-ring (bicyclic) bond motifs is 1. The highest BCUT2D eigenvalue weighted by Gasteiger charge is 2.25. The summed E-state index contributed by atoms with van der Waals surface area (Å²) in [5.41, 5.74) is 0.832. The molecule has 0 bridgehead atoms. The van der Waals surface area contributed by atoms with Crippen LogP contribution in [0.1, 0.15) is 36.0 Å². The lowest BCUT2D eigenvalue weighted by Gasteiger charge is -2.29. The van der Waals surface area contributed by atoms with Crippen LogP contribution in [0.3, 0.4) is 0 Å². The first kappa shape index (κ1) is 20.9. The van der Waals surface area contributed by atoms with Crippen LogP contribution < -0.4 is 4.74 Å². The first-order chi connectivity index (χ1) is 16.0. The fourth-order valence-electron chi connectivity index (χ4n) is 4.15. The SMILES string of the molecule is O=C(O)c1cnn(-c2nc(O)c3c(cnn3C[C@H]3CC[C@@H](Oc4ccccc4F)CC3)n2)c1. The molecule has 0 radical (unpaired) electrons. The molecule has 0 amide bonds. The van der Waals surface area contributed by atoms with Gasteiger partial charge in [0.1, 0.15) is 11.0 Å². The quantitative estimate of drug-likeness (QED) is 0.456. The lowest BCUT2D eigenvalue weighted by atomic mass is 9.87. The van der Waals surface area contributed by atoms with E-state index in [1.807, 2.05) is 0 Å². The van der Waals surface area contributed by atoms with E-state index < -0.39 is 5.97 Å². The molecule has 0 saturated heterocycles. The van der Waals surface area contributed by atoms with Gasteiger partial charge in [-0.15, -0.1) is 0 Å². The Kier molecular flexibility index (Phi) is 5.37. The van der Waals surface area contributed by atoms with Crippen molar-refractivity contribution in [2.75, 3.05) is 0 Å². The third-order valence-corrected chi connectivity index (χ3v) is 5.85. The normalized spacial score (nSPS) is 18.5. The van der Waals surface area contributed by atoms with Crippen molar-refractivity contribution < 1.29 is 24.1 Å². The number of rotatable bonds is 6. The van der Waals surface area contributed by atoms with Crippen molar-refractivity contribution in [2.24, 2.45) is 5.92 Å².